The Morgan fingerprint density at radius 2 is 2.12 bits per heavy atom. The predicted octanol–water partition coefficient (Wildman–Crippen LogP) is 3.35. The summed E-state index contributed by atoms with van der Waals surface area (Å²) in [5, 5.41) is 0.470. The van der Waals surface area contributed by atoms with Crippen LogP contribution in [0.3, 0.4) is 0 Å². The SMILES string of the molecule is C=C(C)CCOc1nc(CC)nc(Cl)c1C. The number of hydrogen-bond acceptors (Lipinski definition) is 3. The van der Waals surface area contributed by atoms with Crippen LogP contribution >= 0.6 is 11.6 Å². The third-order valence-corrected chi connectivity index (χ3v) is 2.54. The standard InChI is InChI=1S/C12H17ClN2O/c1-5-10-14-11(13)9(4)12(15-10)16-7-6-8(2)3/h2,5-7H2,1,3-4H3. The van der Waals surface area contributed by atoms with Gasteiger partial charge in [0.05, 0.1) is 6.61 Å². The van der Waals surface area contributed by atoms with Gasteiger partial charge >= 0.3 is 0 Å². The van der Waals surface area contributed by atoms with Crippen LogP contribution in [0.2, 0.25) is 5.15 Å². The maximum Gasteiger partial charge on any atom is 0.221 e. The van der Waals surface area contributed by atoms with E-state index < -0.39 is 0 Å². The maximum absolute atomic E-state index is 5.99. The summed E-state index contributed by atoms with van der Waals surface area (Å²) in [6.45, 7) is 10.2. The van der Waals surface area contributed by atoms with Gasteiger partial charge in [0.25, 0.3) is 0 Å². The van der Waals surface area contributed by atoms with Crippen molar-refractivity contribution in [1.29, 1.82) is 0 Å². The third kappa shape index (κ3) is 3.49. The first kappa shape index (κ1) is 13.0. The third-order valence-electron chi connectivity index (χ3n) is 2.17. The second-order valence-electron chi connectivity index (χ2n) is 3.77. The van der Waals surface area contributed by atoms with Gasteiger partial charge < -0.3 is 4.74 Å². The molecule has 16 heavy (non-hydrogen) atoms. The molecule has 0 saturated carbocycles. The Bertz CT molecular complexity index is 391. The van der Waals surface area contributed by atoms with E-state index in [1.54, 1.807) is 0 Å². The van der Waals surface area contributed by atoms with Gasteiger partial charge in [0.2, 0.25) is 5.88 Å². The van der Waals surface area contributed by atoms with Crippen LogP contribution in [0.4, 0.5) is 0 Å². The Balaban J connectivity index is 2.78. The molecule has 1 aromatic rings. The zero-order valence-corrected chi connectivity index (χ0v) is 10.8. The Labute approximate surface area is 102 Å². The van der Waals surface area contributed by atoms with Crippen molar-refractivity contribution in [3.63, 3.8) is 0 Å². The first-order chi connectivity index (χ1) is 7.54. The highest BCUT2D eigenvalue weighted by Crippen LogP contribution is 2.22. The topological polar surface area (TPSA) is 35.0 Å². The van der Waals surface area contributed by atoms with Crippen molar-refractivity contribution in [3.05, 3.63) is 28.7 Å². The molecule has 1 rings (SSSR count). The molecule has 1 heterocycles. The molecule has 88 valence electrons. The molecule has 0 spiro atoms. The van der Waals surface area contributed by atoms with Crippen molar-refractivity contribution in [2.45, 2.75) is 33.6 Å². The Kier molecular flexibility index (Phi) is 4.74. The van der Waals surface area contributed by atoms with Gasteiger partial charge in [-0.25, -0.2) is 4.98 Å². The molecular weight excluding hydrogens is 224 g/mol. The van der Waals surface area contributed by atoms with Gasteiger partial charge in [-0.05, 0) is 13.8 Å². The maximum atomic E-state index is 5.99. The minimum Gasteiger partial charge on any atom is -0.477 e. The summed E-state index contributed by atoms with van der Waals surface area (Å²) in [5.41, 5.74) is 1.88. The molecule has 0 aliphatic heterocycles. The van der Waals surface area contributed by atoms with Crippen LogP contribution in [-0.4, -0.2) is 16.6 Å². The molecule has 0 aliphatic carbocycles. The van der Waals surface area contributed by atoms with E-state index in [4.69, 9.17) is 16.3 Å². The second-order valence-corrected chi connectivity index (χ2v) is 4.13. The fourth-order valence-electron chi connectivity index (χ4n) is 1.13. The number of ether oxygens (including phenoxy) is 1. The minimum atomic E-state index is 0.470. The van der Waals surface area contributed by atoms with Crippen LogP contribution < -0.4 is 4.74 Å². The summed E-state index contributed by atoms with van der Waals surface area (Å²) in [6, 6.07) is 0. The first-order valence-electron chi connectivity index (χ1n) is 5.34. The van der Waals surface area contributed by atoms with Crippen molar-refractivity contribution in [1.82, 2.24) is 9.97 Å². The van der Waals surface area contributed by atoms with Gasteiger partial charge in [0.15, 0.2) is 0 Å². The molecule has 0 N–H and O–H groups in total. The fraction of sp³-hybridized carbons (Fsp3) is 0.500. The van der Waals surface area contributed by atoms with Crippen molar-refractivity contribution in [3.8, 4) is 5.88 Å². The Morgan fingerprint density at radius 1 is 1.44 bits per heavy atom. The lowest BCUT2D eigenvalue weighted by Crippen LogP contribution is -2.05. The smallest absolute Gasteiger partial charge is 0.221 e. The zero-order valence-electron chi connectivity index (χ0n) is 10.0. The summed E-state index contributed by atoms with van der Waals surface area (Å²) in [4.78, 5) is 8.45. The number of halogens is 1. The highest BCUT2D eigenvalue weighted by molar-refractivity contribution is 6.30. The van der Waals surface area contributed by atoms with E-state index in [0.29, 0.717) is 23.5 Å². The van der Waals surface area contributed by atoms with Crippen LogP contribution in [-0.2, 0) is 6.42 Å². The van der Waals surface area contributed by atoms with Gasteiger partial charge in [-0.15, -0.1) is 6.58 Å². The van der Waals surface area contributed by atoms with Gasteiger partial charge in [0, 0.05) is 18.4 Å². The number of hydrogen-bond donors (Lipinski definition) is 0. The minimum absolute atomic E-state index is 0.470. The molecule has 0 unspecified atom stereocenters. The van der Waals surface area contributed by atoms with Crippen molar-refractivity contribution in [2.75, 3.05) is 6.61 Å². The van der Waals surface area contributed by atoms with E-state index in [2.05, 4.69) is 16.5 Å². The van der Waals surface area contributed by atoms with E-state index >= 15 is 0 Å². The highest BCUT2D eigenvalue weighted by atomic mass is 35.5. The largest absolute Gasteiger partial charge is 0.477 e. The van der Waals surface area contributed by atoms with Gasteiger partial charge in [-0.1, -0.05) is 24.1 Å². The summed E-state index contributed by atoms with van der Waals surface area (Å²) in [6.07, 6.45) is 1.57. The van der Waals surface area contributed by atoms with Gasteiger partial charge in [0.1, 0.15) is 11.0 Å². The van der Waals surface area contributed by atoms with Crippen molar-refractivity contribution < 1.29 is 4.74 Å². The van der Waals surface area contributed by atoms with E-state index in [0.717, 1.165) is 24.0 Å². The van der Waals surface area contributed by atoms with Crippen molar-refractivity contribution in [2.24, 2.45) is 0 Å². The molecule has 0 fully saturated rings. The number of aryl methyl sites for hydroxylation is 1. The van der Waals surface area contributed by atoms with Gasteiger partial charge in [-0.3, -0.25) is 0 Å². The average Bonchev–Trinajstić information content (AvgIpc) is 2.23. The molecule has 0 atom stereocenters. The summed E-state index contributed by atoms with van der Waals surface area (Å²) in [5.74, 6) is 1.29. The quantitative estimate of drug-likeness (QED) is 0.585. The molecule has 0 amide bonds. The lowest BCUT2D eigenvalue weighted by molar-refractivity contribution is 0.305. The molecule has 0 radical (unpaired) electrons. The molecule has 0 aromatic carbocycles. The van der Waals surface area contributed by atoms with Crippen molar-refractivity contribution >= 4 is 11.6 Å². The summed E-state index contributed by atoms with van der Waals surface area (Å²) >= 11 is 5.99. The molecular formula is C12H17ClN2O. The number of nitrogens with zero attached hydrogens (tertiary/aromatic N) is 2. The number of rotatable bonds is 5. The summed E-state index contributed by atoms with van der Waals surface area (Å²) in [7, 11) is 0. The fourth-order valence-corrected chi connectivity index (χ4v) is 1.31. The van der Waals surface area contributed by atoms with E-state index in [9.17, 15) is 0 Å². The Hall–Kier alpha value is -1.09. The van der Waals surface area contributed by atoms with E-state index in [1.165, 1.54) is 0 Å². The Morgan fingerprint density at radius 3 is 2.69 bits per heavy atom. The van der Waals surface area contributed by atoms with Crippen LogP contribution in [0.5, 0.6) is 5.88 Å². The lowest BCUT2D eigenvalue weighted by Gasteiger charge is -2.10. The summed E-state index contributed by atoms with van der Waals surface area (Å²) < 4.78 is 5.57. The van der Waals surface area contributed by atoms with Gasteiger partial charge in [-0.2, -0.15) is 4.98 Å². The highest BCUT2D eigenvalue weighted by Gasteiger charge is 2.09. The molecule has 4 heteroatoms. The van der Waals surface area contributed by atoms with E-state index in [-0.39, 0.29) is 0 Å². The molecule has 0 saturated heterocycles. The van der Waals surface area contributed by atoms with Crippen LogP contribution in [0.25, 0.3) is 0 Å². The van der Waals surface area contributed by atoms with E-state index in [1.807, 2.05) is 20.8 Å². The molecule has 0 bridgehead atoms. The van der Waals surface area contributed by atoms with Crippen LogP contribution in [0.15, 0.2) is 12.2 Å². The average molecular weight is 241 g/mol. The first-order valence-corrected chi connectivity index (χ1v) is 5.72. The molecule has 1 aromatic heterocycles. The lowest BCUT2D eigenvalue weighted by atomic mass is 10.3. The van der Waals surface area contributed by atoms with Crippen LogP contribution in [0, 0.1) is 6.92 Å². The second kappa shape index (κ2) is 5.85. The predicted molar refractivity (Wildman–Crippen MR) is 66.1 cm³/mol. The molecule has 3 nitrogen and oxygen atoms in total. The zero-order chi connectivity index (χ0) is 12.1. The normalized spacial score (nSPS) is 10.2. The van der Waals surface area contributed by atoms with Crippen LogP contribution in [0.1, 0.15) is 31.7 Å². The molecule has 0 aliphatic rings. The monoisotopic (exact) mass is 240 g/mol. The number of aromatic nitrogens is 2.